The van der Waals surface area contributed by atoms with Crippen molar-refractivity contribution >= 4 is 15.9 Å². The van der Waals surface area contributed by atoms with E-state index in [2.05, 4.69) is 10.0 Å². The molecule has 0 unspecified atom stereocenters. The molecule has 0 aliphatic heterocycles. The Hall–Kier alpha value is -2.52. The number of ether oxygens (including phenoxy) is 2. The van der Waals surface area contributed by atoms with E-state index in [-0.39, 0.29) is 18.8 Å². The third kappa shape index (κ3) is 5.80. The van der Waals surface area contributed by atoms with Gasteiger partial charge >= 0.3 is 0 Å². The first-order chi connectivity index (χ1) is 11.9. The molecule has 0 spiro atoms. The number of amides is 1. The number of carbonyl (C=O) groups excluding carboxylic acids is 1. The number of rotatable bonds is 9. The van der Waals surface area contributed by atoms with Gasteiger partial charge < -0.3 is 19.2 Å². The zero-order valence-electron chi connectivity index (χ0n) is 13.9. The maximum absolute atomic E-state index is 12.2. The molecule has 1 amide bonds. The van der Waals surface area contributed by atoms with Crippen LogP contribution in [0.3, 0.4) is 0 Å². The van der Waals surface area contributed by atoms with Crippen LogP contribution in [-0.2, 0) is 16.6 Å². The van der Waals surface area contributed by atoms with E-state index in [1.54, 1.807) is 30.3 Å². The fourth-order valence-electron chi connectivity index (χ4n) is 2.01. The van der Waals surface area contributed by atoms with Gasteiger partial charge in [-0.05, 0) is 24.3 Å². The molecule has 8 nitrogen and oxygen atoms in total. The molecule has 2 aromatic rings. The number of nitrogens with one attached hydrogen (secondary N) is 2. The summed E-state index contributed by atoms with van der Waals surface area (Å²) in [7, 11) is -0.576. The largest absolute Gasteiger partial charge is 0.497 e. The Morgan fingerprint density at radius 1 is 1.16 bits per heavy atom. The van der Waals surface area contributed by atoms with Crippen LogP contribution in [0.25, 0.3) is 0 Å². The Morgan fingerprint density at radius 2 is 1.84 bits per heavy atom. The fourth-order valence-corrected chi connectivity index (χ4v) is 2.88. The minimum atomic E-state index is -3.54. The monoisotopic (exact) mass is 368 g/mol. The summed E-state index contributed by atoms with van der Waals surface area (Å²) in [5.41, 5.74) is 0.317. The zero-order valence-corrected chi connectivity index (χ0v) is 14.8. The van der Waals surface area contributed by atoms with Crippen molar-refractivity contribution < 1.29 is 27.1 Å². The smallest absolute Gasteiger partial charge is 0.251 e. The SMILES string of the molecule is COc1cc(OC)cc(C(=O)NCCS(=O)(=O)NCc2ccco2)c1. The molecule has 0 aliphatic carbocycles. The second-order valence-corrected chi connectivity index (χ2v) is 7.00. The van der Waals surface area contributed by atoms with E-state index in [1.165, 1.54) is 20.5 Å². The molecule has 0 aliphatic rings. The Bertz CT molecular complexity index is 780. The first-order valence-electron chi connectivity index (χ1n) is 7.44. The molecule has 0 fully saturated rings. The van der Waals surface area contributed by atoms with Gasteiger partial charge in [0.25, 0.3) is 5.91 Å². The van der Waals surface area contributed by atoms with Gasteiger partial charge in [-0.1, -0.05) is 0 Å². The van der Waals surface area contributed by atoms with Gasteiger partial charge in [0.2, 0.25) is 10.0 Å². The van der Waals surface area contributed by atoms with E-state index in [1.807, 2.05) is 0 Å². The van der Waals surface area contributed by atoms with Crippen molar-refractivity contribution in [3.05, 3.63) is 47.9 Å². The summed E-state index contributed by atoms with van der Waals surface area (Å²) < 4.78 is 41.4. The molecular formula is C16H20N2O6S. The minimum absolute atomic E-state index is 0.0359. The van der Waals surface area contributed by atoms with Crippen molar-refractivity contribution in [2.24, 2.45) is 0 Å². The van der Waals surface area contributed by atoms with Crippen LogP contribution in [0.2, 0.25) is 0 Å². The number of methoxy groups -OCH3 is 2. The van der Waals surface area contributed by atoms with Crippen molar-refractivity contribution in [1.82, 2.24) is 10.0 Å². The molecule has 0 radical (unpaired) electrons. The molecule has 1 aromatic carbocycles. The fraction of sp³-hybridized carbons (Fsp3) is 0.312. The molecule has 9 heteroatoms. The van der Waals surface area contributed by atoms with Crippen LogP contribution in [0.5, 0.6) is 11.5 Å². The van der Waals surface area contributed by atoms with Crippen molar-refractivity contribution in [2.45, 2.75) is 6.54 Å². The molecule has 25 heavy (non-hydrogen) atoms. The number of furan rings is 1. The van der Waals surface area contributed by atoms with E-state index in [0.717, 1.165) is 0 Å². The maximum Gasteiger partial charge on any atom is 0.251 e. The molecular weight excluding hydrogens is 348 g/mol. The first kappa shape index (κ1) is 18.8. The topological polar surface area (TPSA) is 107 Å². The maximum atomic E-state index is 12.2. The lowest BCUT2D eigenvalue weighted by Crippen LogP contribution is -2.34. The van der Waals surface area contributed by atoms with E-state index >= 15 is 0 Å². The lowest BCUT2D eigenvalue weighted by molar-refractivity contribution is 0.0955. The average molecular weight is 368 g/mol. The van der Waals surface area contributed by atoms with Gasteiger partial charge in [-0.2, -0.15) is 0 Å². The lowest BCUT2D eigenvalue weighted by atomic mass is 10.2. The third-order valence-corrected chi connectivity index (χ3v) is 4.64. The Morgan fingerprint density at radius 3 is 2.40 bits per heavy atom. The highest BCUT2D eigenvalue weighted by atomic mass is 32.2. The quantitative estimate of drug-likeness (QED) is 0.687. The zero-order chi connectivity index (χ0) is 18.3. The molecule has 0 bridgehead atoms. The van der Waals surface area contributed by atoms with Crippen molar-refractivity contribution in [3.8, 4) is 11.5 Å². The van der Waals surface area contributed by atoms with E-state index < -0.39 is 15.9 Å². The van der Waals surface area contributed by atoms with Gasteiger partial charge in [0.1, 0.15) is 17.3 Å². The standard InChI is InChI=1S/C16H20N2O6S/c1-22-14-8-12(9-15(10-14)23-2)16(19)17-5-7-25(20,21)18-11-13-4-3-6-24-13/h3-4,6,8-10,18H,5,7,11H2,1-2H3,(H,17,19). The summed E-state index contributed by atoms with van der Waals surface area (Å²) in [6, 6.07) is 8.07. The van der Waals surface area contributed by atoms with Crippen LogP contribution in [-0.4, -0.2) is 40.8 Å². The van der Waals surface area contributed by atoms with Crippen LogP contribution >= 0.6 is 0 Å². The molecule has 136 valence electrons. The molecule has 0 saturated heterocycles. The Balaban J connectivity index is 1.87. The summed E-state index contributed by atoms with van der Waals surface area (Å²) in [4.78, 5) is 12.2. The number of sulfonamides is 1. The summed E-state index contributed by atoms with van der Waals surface area (Å²) in [6.07, 6.45) is 1.46. The summed E-state index contributed by atoms with van der Waals surface area (Å²) in [5, 5.41) is 2.56. The van der Waals surface area contributed by atoms with Crippen molar-refractivity contribution in [3.63, 3.8) is 0 Å². The van der Waals surface area contributed by atoms with E-state index in [0.29, 0.717) is 22.8 Å². The van der Waals surface area contributed by atoms with E-state index in [9.17, 15) is 13.2 Å². The highest BCUT2D eigenvalue weighted by Crippen LogP contribution is 2.22. The Kier molecular flexibility index (Phi) is 6.43. The van der Waals surface area contributed by atoms with Gasteiger partial charge in [0, 0.05) is 18.2 Å². The van der Waals surface area contributed by atoms with E-state index in [4.69, 9.17) is 13.9 Å². The summed E-state index contributed by atoms with van der Waals surface area (Å²) in [6.45, 7) is 0.0300. The molecule has 2 rings (SSSR count). The van der Waals surface area contributed by atoms with Crippen LogP contribution in [0, 0.1) is 0 Å². The number of benzene rings is 1. The highest BCUT2D eigenvalue weighted by molar-refractivity contribution is 7.89. The van der Waals surface area contributed by atoms with Gasteiger partial charge in [0.15, 0.2) is 0 Å². The minimum Gasteiger partial charge on any atom is -0.497 e. The van der Waals surface area contributed by atoms with Crippen LogP contribution in [0.1, 0.15) is 16.1 Å². The van der Waals surface area contributed by atoms with Crippen LogP contribution < -0.4 is 19.5 Å². The van der Waals surface area contributed by atoms with Crippen molar-refractivity contribution in [1.29, 1.82) is 0 Å². The average Bonchev–Trinajstić information content (AvgIpc) is 3.13. The van der Waals surface area contributed by atoms with Gasteiger partial charge in [-0.25, -0.2) is 13.1 Å². The normalized spacial score (nSPS) is 11.1. The molecule has 0 atom stereocenters. The lowest BCUT2D eigenvalue weighted by Gasteiger charge is -2.10. The number of hydrogen-bond acceptors (Lipinski definition) is 6. The van der Waals surface area contributed by atoms with Crippen LogP contribution in [0.4, 0.5) is 0 Å². The molecule has 1 heterocycles. The molecule has 0 saturated carbocycles. The third-order valence-electron chi connectivity index (χ3n) is 3.32. The van der Waals surface area contributed by atoms with Gasteiger partial charge in [-0.15, -0.1) is 0 Å². The first-order valence-corrected chi connectivity index (χ1v) is 9.10. The Labute approximate surface area is 146 Å². The number of carbonyl (C=O) groups is 1. The summed E-state index contributed by atoms with van der Waals surface area (Å²) in [5.74, 6) is 0.782. The van der Waals surface area contributed by atoms with Crippen LogP contribution in [0.15, 0.2) is 41.0 Å². The summed E-state index contributed by atoms with van der Waals surface area (Å²) >= 11 is 0. The molecule has 2 N–H and O–H groups in total. The van der Waals surface area contributed by atoms with Crippen molar-refractivity contribution in [2.75, 3.05) is 26.5 Å². The van der Waals surface area contributed by atoms with Gasteiger partial charge in [-0.3, -0.25) is 4.79 Å². The second-order valence-electron chi connectivity index (χ2n) is 5.08. The predicted octanol–water partition coefficient (Wildman–Crippen LogP) is 1.15. The predicted molar refractivity (Wildman–Crippen MR) is 91.2 cm³/mol. The second kappa shape index (κ2) is 8.54. The van der Waals surface area contributed by atoms with Gasteiger partial charge in [0.05, 0.1) is 32.8 Å². The highest BCUT2D eigenvalue weighted by Gasteiger charge is 2.13. The molecule has 1 aromatic heterocycles. The number of hydrogen-bond donors (Lipinski definition) is 2.